The van der Waals surface area contributed by atoms with E-state index in [2.05, 4.69) is 223 Å². The molecule has 58 heavy (non-hydrogen) atoms. The second-order valence-electron chi connectivity index (χ2n) is 14.8. The Kier molecular flexibility index (Phi) is 8.19. The van der Waals surface area contributed by atoms with Crippen molar-refractivity contribution in [2.45, 2.75) is 0 Å². The van der Waals surface area contributed by atoms with Gasteiger partial charge in [-0.1, -0.05) is 188 Å². The molecule has 0 saturated carbocycles. The number of para-hydroxylation sites is 3. The average molecular weight is 740 g/mol. The molecule has 0 spiro atoms. The van der Waals surface area contributed by atoms with Crippen LogP contribution in [-0.2, 0) is 0 Å². The molecular formula is C56H37NO. The smallest absolute Gasteiger partial charge is 0.136 e. The van der Waals surface area contributed by atoms with Gasteiger partial charge in [-0.15, -0.1) is 0 Å². The minimum Gasteiger partial charge on any atom is -0.456 e. The van der Waals surface area contributed by atoms with Crippen molar-refractivity contribution < 1.29 is 4.42 Å². The number of hydrogen-bond donors (Lipinski definition) is 0. The SMILES string of the molecule is c1ccc(-c2cccc3cccc(-c4ccccc4N(c4cccc(-c5cccc6ccccc56)c4)c4ccccc4-c4cccc5oc6ccccc6c45)c23)cc1. The summed E-state index contributed by atoms with van der Waals surface area (Å²) in [5.41, 5.74) is 14.4. The van der Waals surface area contributed by atoms with Crippen LogP contribution in [-0.4, -0.2) is 0 Å². The van der Waals surface area contributed by atoms with E-state index in [0.717, 1.165) is 61.3 Å². The molecule has 0 amide bonds. The van der Waals surface area contributed by atoms with E-state index in [4.69, 9.17) is 4.42 Å². The van der Waals surface area contributed by atoms with Gasteiger partial charge in [0.15, 0.2) is 0 Å². The standard InChI is InChI=1S/C56H37NO/c1-2-17-39(18-3-1)45-30-14-21-40-22-15-31-48(55(40)45)46-26-6-9-33-51(46)57(42-24-12-23-41(37-42)44-29-13-20-38-19-4-5-25-43(38)44)52-34-10-7-27-47(52)49-32-16-36-54-56(49)50-28-8-11-35-53(50)58-54/h1-37H. The van der Waals surface area contributed by atoms with E-state index in [1.165, 1.54) is 43.8 Å². The van der Waals surface area contributed by atoms with Crippen LogP contribution in [0.15, 0.2) is 229 Å². The lowest BCUT2D eigenvalue weighted by Gasteiger charge is -2.30. The Morgan fingerprint density at radius 3 is 1.57 bits per heavy atom. The molecule has 0 atom stereocenters. The second-order valence-corrected chi connectivity index (χ2v) is 14.8. The molecule has 11 rings (SSSR count). The molecule has 0 aliphatic heterocycles. The number of benzene rings is 10. The van der Waals surface area contributed by atoms with Crippen molar-refractivity contribution in [3.8, 4) is 44.5 Å². The Balaban J connectivity index is 1.20. The van der Waals surface area contributed by atoms with E-state index in [1.54, 1.807) is 0 Å². The largest absolute Gasteiger partial charge is 0.456 e. The zero-order chi connectivity index (χ0) is 38.4. The van der Waals surface area contributed by atoms with Gasteiger partial charge in [0.25, 0.3) is 0 Å². The first-order chi connectivity index (χ1) is 28.8. The topological polar surface area (TPSA) is 16.4 Å². The van der Waals surface area contributed by atoms with Crippen molar-refractivity contribution in [1.82, 2.24) is 0 Å². The molecule has 0 unspecified atom stereocenters. The molecule has 1 aromatic heterocycles. The second kappa shape index (κ2) is 14.1. The summed E-state index contributed by atoms with van der Waals surface area (Å²) in [4.78, 5) is 2.46. The van der Waals surface area contributed by atoms with Gasteiger partial charge in [0.05, 0.1) is 11.4 Å². The first-order valence-corrected chi connectivity index (χ1v) is 19.8. The molecule has 272 valence electrons. The van der Waals surface area contributed by atoms with Crippen LogP contribution in [0.2, 0.25) is 0 Å². The van der Waals surface area contributed by atoms with Crippen LogP contribution in [0.3, 0.4) is 0 Å². The summed E-state index contributed by atoms with van der Waals surface area (Å²) in [6.45, 7) is 0. The predicted molar refractivity (Wildman–Crippen MR) is 245 cm³/mol. The van der Waals surface area contributed by atoms with Crippen molar-refractivity contribution in [1.29, 1.82) is 0 Å². The third kappa shape index (κ3) is 5.66. The first kappa shape index (κ1) is 33.6. The molecule has 2 nitrogen and oxygen atoms in total. The van der Waals surface area contributed by atoms with Crippen LogP contribution in [0, 0.1) is 0 Å². The number of rotatable bonds is 7. The molecule has 11 aromatic rings. The maximum absolute atomic E-state index is 6.44. The Hall–Kier alpha value is -7.68. The summed E-state index contributed by atoms with van der Waals surface area (Å²) in [6.07, 6.45) is 0. The van der Waals surface area contributed by atoms with E-state index >= 15 is 0 Å². The summed E-state index contributed by atoms with van der Waals surface area (Å²) in [5, 5.41) is 7.12. The Morgan fingerprint density at radius 2 is 0.793 bits per heavy atom. The van der Waals surface area contributed by atoms with Crippen molar-refractivity contribution in [2.75, 3.05) is 4.90 Å². The van der Waals surface area contributed by atoms with Crippen LogP contribution in [0.5, 0.6) is 0 Å². The highest BCUT2D eigenvalue weighted by atomic mass is 16.3. The van der Waals surface area contributed by atoms with E-state index in [-0.39, 0.29) is 0 Å². The molecule has 0 bridgehead atoms. The molecular weight excluding hydrogens is 703 g/mol. The quantitative estimate of drug-likeness (QED) is 0.162. The fourth-order valence-corrected chi connectivity index (χ4v) is 8.91. The van der Waals surface area contributed by atoms with Crippen LogP contribution < -0.4 is 4.90 Å². The highest BCUT2D eigenvalue weighted by Gasteiger charge is 2.24. The van der Waals surface area contributed by atoms with Gasteiger partial charge in [-0.2, -0.15) is 0 Å². The first-order valence-electron chi connectivity index (χ1n) is 19.8. The van der Waals surface area contributed by atoms with Gasteiger partial charge >= 0.3 is 0 Å². The Bertz CT molecular complexity index is 3290. The summed E-state index contributed by atoms with van der Waals surface area (Å²) in [6, 6.07) is 80.8. The monoisotopic (exact) mass is 739 g/mol. The molecule has 0 fully saturated rings. The molecule has 0 saturated heterocycles. The van der Waals surface area contributed by atoms with Gasteiger partial charge in [0.2, 0.25) is 0 Å². The lowest BCUT2D eigenvalue weighted by atomic mass is 9.90. The van der Waals surface area contributed by atoms with Crippen LogP contribution in [0.4, 0.5) is 17.1 Å². The Morgan fingerprint density at radius 1 is 0.293 bits per heavy atom. The predicted octanol–water partition coefficient (Wildman–Crippen LogP) is 16.0. The van der Waals surface area contributed by atoms with Crippen molar-refractivity contribution in [3.05, 3.63) is 224 Å². The highest BCUT2D eigenvalue weighted by molar-refractivity contribution is 6.14. The highest BCUT2D eigenvalue weighted by Crippen LogP contribution is 2.49. The number of hydrogen-bond acceptors (Lipinski definition) is 2. The minimum atomic E-state index is 0.877. The van der Waals surface area contributed by atoms with Gasteiger partial charge in [0.1, 0.15) is 11.2 Å². The molecule has 0 aliphatic carbocycles. The zero-order valence-corrected chi connectivity index (χ0v) is 31.7. The van der Waals surface area contributed by atoms with Crippen molar-refractivity contribution >= 4 is 60.5 Å². The van der Waals surface area contributed by atoms with Gasteiger partial charge in [-0.25, -0.2) is 0 Å². The third-order valence-electron chi connectivity index (χ3n) is 11.5. The summed E-state index contributed by atoms with van der Waals surface area (Å²) >= 11 is 0. The summed E-state index contributed by atoms with van der Waals surface area (Å²) in [5.74, 6) is 0. The van der Waals surface area contributed by atoms with E-state index in [0.29, 0.717) is 0 Å². The molecule has 0 aliphatic rings. The maximum Gasteiger partial charge on any atom is 0.136 e. The number of nitrogens with zero attached hydrogens (tertiary/aromatic N) is 1. The van der Waals surface area contributed by atoms with Gasteiger partial charge < -0.3 is 9.32 Å². The van der Waals surface area contributed by atoms with E-state index in [1.807, 2.05) is 6.07 Å². The third-order valence-corrected chi connectivity index (χ3v) is 11.5. The van der Waals surface area contributed by atoms with Gasteiger partial charge in [0, 0.05) is 27.6 Å². The lowest BCUT2D eigenvalue weighted by molar-refractivity contribution is 0.669. The summed E-state index contributed by atoms with van der Waals surface area (Å²) in [7, 11) is 0. The number of anilines is 3. The fraction of sp³-hybridized carbons (Fsp3) is 0. The molecule has 0 radical (unpaired) electrons. The number of furan rings is 1. The van der Waals surface area contributed by atoms with Gasteiger partial charge in [-0.05, 0) is 91.3 Å². The molecule has 2 heteroatoms. The van der Waals surface area contributed by atoms with Crippen LogP contribution in [0.25, 0.3) is 88.0 Å². The van der Waals surface area contributed by atoms with Crippen molar-refractivity contribution in [3.63, 3.8) is 0 Å². The van der Waals surface area contributed by atoms with Crippen molar-refractivity contribution in [2.24, 2.45) is 0 Å². The average Bonchev–Trinajstić information content (AvgIpc) is 3.69. The molecule has 10 aromatic carbocycles. The molecule has 1 heterocycles. The van der Waals surface area contributed by atoms with E-state index < -0.39 is 0 Å². The zero-order valence-electron chi connectivity index (χ0n) is 31.7. The fourth-order valence-electron chi connectivity index (χ4n) is 8.91. The summed E-state index contributed by atoms with van der Waals surface area (Å²) < 4.78 is 6.44. The Labute approximate surface area is 337 Å². The normalized spacial score (nSPS) is 11.4. The number of fused-ring (bicyclic) bond motifs is 5. The lowest BCUT2D eigenvalue weighted by Crippen LogP contribution is -2.12. The maximum atomic E-state index is 6.44. The van der Waals surface area contributed by atoms with Crippen LogP contribution in [0.1, 0.15) is 0 Å². The molecule has 0 N–H and O–H groups in total. The van der Waals surface area contributed by atoms with E-state index in [9.17, 15) is 0 Å². The van der Waals surface area contributed by atoms with Gasteiger partial charge in [-0.3, -0.25) is 0 Å². The minimum absolute atomic E-state index is 0.877. The van der Waals surface area contributed by atoms with Crippen LogP contribution >= 0.6 is 0 Å².